The highest BCUT2D eigenvalue weighted by atomic mass is 32.2. The fourth-order valence-electron chi connectivity index (χ4n) is 2.42. The summed E-state index contributed by atoms with van der Waals surface area (Å²) >= 11 is 1.29. The highest BCUT2D eigenvalue weighted by Crippen LogP contribution is 2.23. The van der Waals surface area contributed by atoms with Crippen LogP contribution in [0.25, 0.3) is 5.69 Å². The average Bonchev–Trinajstić information content (AvgIpc) is 3.14. The highest BCUT2D eigenvalue weighted by Gasteiger charge is 2.15. The molecule has 3 rings (SSSR count). The van der Waals surface area contributed by atoms with E-state index < -0.39 is 0 Å². The van der Waals surface area contributed by atoms with Gasteiger partial charge in [0.25, 0.3) is 0 Å². The van der Waals surface area contributed by atoms with Crippen molar-refractivity contribution in [1.82, 2.24) is 14.8 Å². The van der Waals surface area contributed by atoms with Gasteiger partial charge in [-0.3, -0.25) is 9.36 Å². The lowest BCUT2D eigenvalue weighted by Crippen LogP contribution is -2.09. The molecule has 0 aliphatic carbocycles. The second-order valence-electron chi connectivity index (χ2n) is 5.52. The number of thioether (sulfide) groups is 1. The first-order valence-corrected chi connectivity index (χ1v) is 9.27. The third kappa shape index (κ3) is 4.79. The molecule has 3 aromatic rings. The van der Waals surface area contributed by atoms with Crippen molar-refractivity contribution >= 4 is 23.4 Å². The van der Waals surface area contributed by atoms with Gasteiger partial charge in [0.15, 0.2) is 11.0 Å². The average molecular weight is 384 g/mol. The minimum absolute atomic E-state index is 0.174. The zero-order valence-electron chi connectivity index (χ0n) is 15.1. The Morgan fingerprint density at radius 1 is 1.07 bits per heavy atom. The number of carbonyl (C=O) groups excluding carboxylic acids is 1. The van der Waals surface area contributed by atoms with Crippen LogP contribution in [0.3, 0.4) is 0 Å². The van der Waals surface area contributed by atoms with Crippen LogP contribution in [0.15, 0.2) is 59.8 Å². The lowest BCUT2D eigenvalue weighted by Gasteiger charge is -2.11. The number of ether oxygens (including phenoxy) is 2. The van der Waals surface area contributed by atoms with E-state index in [0.717, 1.165) is 22.9 Å². The lowest BCUT2D eigenvalue weighted by atomic mass is 10.3. The predicted octanol–water partition coefficient (Wildman–Crippen LogP) is 3.15. The van der Waals surface area contributed by atoms with Gasteiger partial charge in [0.05, 0.1) is 26.5 Å². The second kappa shape index (κ2) is 9.09. The van der Waals surface area contributed by atoms with E-state index in [4.69, 9.17) is 9.47 Å². The molecule has 0 amide bonds. The Kier molecular flexibility index (Phi) is 6.32. The molecule has 27 heavy (non-hydrogen) atoms. The molecule has 0 bridgehead atoms. The summed E-state index contributed by atoms with van der Waals surface area (Å²) in [4.78, 5) is 11.5. The number of rotatable bonds is 8. The van der Waals surface area contributed by atoms with Crippen molar-refractivity contribution in [1.29, 1.82) is 0 Å². The first kappa shape index (κ1) is 18.8. The summed E-state index contributed by atoms with van der Waals surface area (Å²) in [7, 11) is 3.01. The summed E-state index contributed by atoms with van der Waals surface area (Å²) in [6.07, 6.45) is 0. The lowest BCUT2D eigenvalue weighted by molar-refractivity contribution is -0.137. The van der Waals surface area contributed by atoms with E-state index in [-0.39, 0.29) is 11.7 Å². The van der Waals surface area contributed by atoms with E-state index in [1.54, 1.807) is 7.11 Å². The van der Waals surface area contributed by atoms with Crippen molar-refractivity contribution < 1.29 is 14.3 Å². The predicted molar refractivity (Wildman–Crippen MR) is 104 cm³/mol. The molecule has 7 nitrogen and oxygen atoms in total. The smallest absolute Gasteiger partial charge is 0.316 e. The van der Waals surface area contributed by atoms with Crippen LogP contribution in [-0.4, -0.2) is 40.7 Å². The third-order valence-corrected chi connectivity index (χ3v) is 4.70. The van der Waals surface area contributed by atoms with E-state index in [9.17, 15) is 4.79 Å². The van der Waals surface area contributed by atoms with Gasteiger partial charge in [0.2, 0.25) is 0 Å². The Hall–Kier alpha value is -3.00. The molecule has 0 aliphatic rings. The quantitative estimate of drug-likeness (QED) is 0.472. The maximum atomic E-state index is 11.5. The summed E-state index contributed by atoms with van der Waals surface area (Å²) < 4.78 is 11.8. The molecule has 1 N–H and O–H groups in total. The molecule has 1 heterocycles. The van der Waals surface area contributed by atoms with E-state index in [1.807, 2.05) is 59.2 Å². The number of hydrogen-bond donors (Lipinski definition) is 1. The topological polar surface area (TPSA) is 78.3 Å². The normalized spacial score (nSPS) is 10.4. The standard InChI is InChI=1S/C19H20N4O3S/c1-25-16-10-8-14(9-11-16)20-12-17-21-22-19(27-13-18(24)26-2)23(17)15-6-4-3-5-7-15/h3-11,20H,12-13H2,1-2H3. The van der Waals surface area contributed by atoms with Gasteiger partial charge < -0.3 is 14.8 Å². The fraction of sp³-hybridized carbons (Fsp3) is 0.211. The number of carbonyl (C=O) groups is 1. The molecule has 0 spiro atoms. The third-order valence-electron chi connectivity index (χ3n) is 3.80. The number of hydrogen-bond acceptors (Lipinski definition) is 7. The van der Waals surface area contributed by atoms with Crippen LogP contribution in [-0.2, 0) is 16.1 Å². The molecule has 0 fully saturated rings. The minimum Gasteiger partial charge on any atom is -0.497 e. The number of nitrogens with one attached hydrogen (secondary N) is 1. The van der Waals surface area contributed by atoms with Crippen LogP contribution < -0.4 is 10.1 Å². The van der Waals surface area contributed by atoms with Gasteiger partial charge in [0.1, 0.15) is 5.75 Å². The van der Waals surface area contributed by atoms with Gasteiger partial charge in [-0.1, -0.05) is 30.0 Å². The molecule has 0 atom stereocenters. The Balaban J connectivity index is 1.81. The Labute approximate surface area is 161 Å². The molecule has 2 aromatic carbocycles. The molecular weight excluding hydrogens is 364 g/mol. The van der Waals surface area contributed by atoms with Gasteiger partial charge in [0, 0.05) is 11.4 Å². The summed E-state index contributed by atoms with van der Waals surface area (Å²) in [5.74, 6) is 1.41. The van der Waals surface area contributed by atoms with Crippen molar-refractivity contribution in [2.24, 2.45) is 0 Å². The summed E-state index contributed by atoms with van der Waals surface area (Å²) in [5.41, 5.74) is 1.88. The van der Waals surface area contributed by atoms with Crippen LogP contribution in [0.1, 0.15) is 5.82 Å². The second-order valence-corrected chi connectivity index (χ2v) is 6.46. The number of nitrogens with zero attached hydrogens (tertiary/aromatic N) is 3. The first-order valence-electron chi connectivity index (χ1n) is 8.28. The highest BCUT2D eigenvalue weighted by molar-refractivity contribution is 7.99. The van der Waals surface area contributed by atoms with Crippen LogP contribution in [0, 0.1) is 0 Å². The van der Waals surface area contributed by atoms with Crippen molar-refractivity contribution in [2.75, 3.05) is 25.3 Å². The zero-order chi connectivity index (χ0) is 19.1. The number of anilines is 1. The zero-order valence-corrected chi connectivity index (χ0v) is 15.9. The van der Waals surface area contributed by atoms with Gasteiger partial charge >= 0.3 is 5.97 Å². The van der Waals surface area contributed by atoms with E-state index in [1.165, 1.54) is 18.9 Å². The summed E-state index contributed by atoms with van der Waals surface area (Å²) in [5, 5.41) is 12.5. The molecular formula is C19H20N4O3S. The van der Waals surface area contributed by atoms with Crippen molar-refractivity contribution in [3.63, 3.8) is 0 Å². The van der Waals surface area contributed by atoms with E-state index >= 15 is 0 Å². The van der Waals surface area contributed by atoms with Crippen molar-refractivity contribution in [3.05, 3.63) is 60.4 Å². The molecule has 0 saturated heterocycles. The Morgan fingerprint density at radius 2 is 1.81 bits per heavy atom. The van der Waals surface area contributed by atoms with E-state index in [0.29, 0.717) is 11.7 Å². The van der Waals surface area contributed by atoms with Gasteiger partial charge in [-0.05, 0) is 36.4 Å². The summed E-state index contributed by atoms with van der Waals surface area (Å²) in [6.45, 7) is 0.479. The maximum Gasteiger partial charge on any atom is 0.316 e. The molecule has 0 saturated carbocycles. The number of para-hydroxylation sites is 1. The molecule has 140 valence electrons. The molecule has 0 unspecified atom stereocenters. The van der Waals surface area contributed by atoms with Crippen molar-refractivity contribution in [2.45, 2.75) is 11.7 Å². The number of esters is 1. The van der Waals surface area contributed by atoms with Crippen LogP contribution in [0.2, 0.25) is 0 Å². The number of benzene rings is 2. The molecule has 0 radical (unpaired) electrons. The minimum atomic E-state index is -0.305. The maximum absolute atomic E-state index is 11.5. The van der Waals surface area contributed by atoms with Gasteiger partial charge in [-0.25, -0.2) is 0 Å². The monoisotopic (exact) mass is 384 g/mol. The van der Waals surface area contributed by atoms with Crippen LogP contribution >= 0.6 is 11.8 Å². The van der Waals surface area contributed by atoms with Crippen LogP contribution in [0.4, 0.5) is 5.69 Å². The molecule has 0 aliphatic heterocycles. The van der Waals surface area contributed by atoms with Gasteiger partial charge in [-0.15, -0.1) is 10.2 Å². The Morgan fingerprint density at radius 3 is 2.48 bits per heavy atom. The van der Waals surface area contributed by atoms with Gasteiger partial charge in [-0.2, -0.15) is 0 Å². The SMILES string of the molecule is COC(=O)CSc1nnc(CNc2ccc(OC)cc2)n1-c1ccccc1. The van der Waals surface area contributed by atoms with Crippen LogP contribution in [0.5, 0.6) is 5.75 Å². The van der Waals surface area contributed by atoms with E-state index in [2.05, 4.69) is 15.5 Å². The number of methoxy groups -OCH3 is 2. The molecule has 8 heteroatoms. The Bertz CT molecular complexity index is 882. The van der Waals surface area contributed by atoms with Crippen molar-refractivity contribution in [3.8, 4) is 11.4 Å². The molecule has 1 aromatic heterocycles. The number of aromatic nitrogens is 3. The summed E-state index contributed by atoms with van der Waals surface area (Å²) in [6, 6.07) is 17.5. The largest absolute Gasteiger partial charge is 0.497 e. The first-order chi connectivity index (χ1) is 13.2. The fourth-order valence-corrected chi connectivity index (χ4v) is 3.22.